The lowest BCUT2D eigenvalue weighted by atomic mass is 10.2. The second-order valence-corrected chi connectivity index (χ2v) is 5.09. The molecule has 0 atom stereocenters. The first kappa shape index (κ1) is 13.8. The molecule has 0 saturated carbocycles. The molecule has 0 saturated heterocycles. The highest BCUT2D eigenvalue weighted by atomic mass is 35.5. The van der Waals surface area contributed by atoms with Crippen LogP contribution in [-0.4, -0.2) is 31.9 Å². The van der Waals surface area contributed by atoms with E-state index in [0.717, 1.165) is 5.56 Å². The van der Waals surface area contributed by atoms with Crippen LogP contribution in [0.25, 0.3) is 0 Å². The van der Waals surface area contributed by atoms with E-state index >= 15 is 0 Å². The number of amides is 1. The zero-order valence-corrected chi connectivity index (χ0v) is 11.8. The fourth-order valence-corrected chi connectivity index (χ4v) is 2.24. The maximum absolute atomic E-state index is 11.7. The standard InChI is InChI=1S/C11H12ClN5OS/c1-17-11(14-15-16-17)19-7-10(18)13-6-8-4-2-3-5-9(8)12/h2-5H,6-7H2,1H3,(H,13,18). The monoisotopic (exact) mass is 297 g/mol. The van der Waals surface area contributed by atoms with Gasteiger partial charge in [0.25, 0.3) is 0 Å². The van der Waals surface area contributed by atoms with Gasteiger partial charge in [-0.1, -0.05) is 41.6 Å². The number of hydrogen-bond acceptors (Lipinski definition) is 5. The van der Waals surface area contributed by atoms with Crippen molar-refractivity contribution in [2.24, 2.45) is 7.05 Å². The molecule has 0 bridgehead atoms. The first-order valence-electron chi connectivity index (χ1n) is 5.52. The first-order chi connectivity index (χ1) is 9.16. The average Bonchev–Trinajstić information content (AvgIpc) is 2.81. The van der Waals surface area contributed by atoms with Gasteiger partial charge in [0.15, 0.2) is 0 Å². The Labute approximate surface area is 119 Å². The number of carbonyl (C=O) groups excluding carboxylic acids is 1. The Kier molecular flexibility index (Phi) is 4.75. The van der Waals surface area contributed by atoms with Gasteiger partial charge in [-0.05, 0) is 22.1 Å². The van der Waals surface area contributed by atoms with Gasteiger partial charge in [-0.15, -0.1) is 5.10 Å². The third-order valence-electron chi connectivity index (χ3n) is 2.35. The molecule has 6 nitrogen and oxygen atoms in total. The Morgan fingerprint density at radius 2 is 2.26 bits per heavy atom. The summed E-state index contributed by atoms with van der Waals surface area (Å²) in [4.78, 5) is 11.7. The minimum Gasteiger partial charge on any atom is -0.351 e. The van der Waals surface area contributed by atoms with Gasteiger partial charge in [-0.2, -0.15) is 0 Å². The molecule has 0 aliphatic heterocycles. The fraction of sp³-hybridized carbons (Fsp3) is 0.273. The van der Waals surface area contributed by atoms with E-state index in [9.17, 15) is 4.79 Å². The van der Waals surface area contributed by atoms with Crippen LogP contribution in [0.15, 0.2) is 29.4 Å². The van der Waals surface area contributed by atoms with Gasteiger partial charge < -0.3 is 5.32 Å². The molecule has 2 aromatic rings. The highest BCUT2D eigenvalue weighted by Gasteiger charge is 2.08. The molecule has 1 amide bonds. The summed E-state index contributed by atoms with van der Waals surface area (Å²) >= 11 is 7.28. The Bertz CT molecular complexity index is 574. The van der Waals surface area contributed by atoms with Gasteiger partial charge >= 0.3 is 0 Å². The lowest BCUT2D eigenvalue weighted by Gasteiger charge is -2.06. The van der Waals surface area contributed by atoms with Crippen molar-refractivity contribution in [3.63, 3.8) is 0 Å². The third-order valence-corrected chi connectivity index (χ3v) is 3.73. The molecule has 0 radical (unpaired) electrons. The van der Waals surface area contributed by atoms with E-state index in [-0.39, 0.29) is 11.7 Å². The molecule has 19 heavy (non-hydrogen) atoms. The number of aryl methyl sites for hydroxylation is 1. The molecular weight excluding hydrogens is 286 g/mol. The predicted molar refractivity (Wildman–Crippen MR) is 72.8 cm³/mol. The molecule has 2 rings (SSSR count). The molecule has 0 aliphatic rings. The molecule has 0 unspecified atom stereocenters. The molecule has 100 valence electrons. The summed E-state index contributed by atoms with van der Waals surface area (Å²) in [5.41, 5.74) is 0.892. The number of nitrogens with zero attached hydrogens (tertiary/aromatic N) is 4. The van der Waals surface area contributed by atoms with Gasteiger partial charge in [-0.25, -0.2) is 4.68 Å². The van der Waals surface area contributed by atoms with Crippen molar-refractivity contribution < 1.29 is 4.79 Å². The lowest BCUT2D eigenvalue weighted by molar-refractivity contribution is -0.118. The van der Waals surface area contributed by atoms with E-state index in [0.29, 0.717) is 16.7 Å². The minimum atomic E-state index is -0.0899. The number of tetrazole rings is 1. The van der Waals surface area contributed by atoms with Gasteiger partial charge in [-0.3, -0.25) is 4.79 Å². The van der Waals surface area contributed by atoms with Crippen LogP contribution in [0, 0.1) is 0 Å². The molecule has 1 aromatic heterocycles. The highest BCUT2D eigenvalue weighted by Crippen LogP contribution is 2.15. The number of carbonyl (C=O) groups is 1. The summed E-state index contributed by atoms with van der Waals surface area (Å²) in [6, 6.07) is 7.41. The second kappa shape index (κ2) is 6.53. The molecule has 0 spiro atoms. The van der Waals surface area contributed by atoms with Crippen LogP contribution in [0.1, 0.15) is 5.56 Å². The summed E-state index contributed by atoms with van der Waals surface area (Å²) in [5, 5.41) is 15.0. The van der Waals surface area contributed by atoms with Crippen molar-refractivity contribution in [1.82, 2.24) is 25.5 Å². The zero-order valence-electron chi connectivity index (χ0n) is 10.2. The predicted octanol–water partition coefficient (Wildman–Crippen LogP) is 1.27. The van der Waals surface area contributed by atoms with Crippen molar-refractivity contribution in [3.05, 3.63) is 34.9 Å². The van der Waals surface area contributed by atoms with Gasteiger partial charge in [0.05, 0.1) is 5.75 Å². The number of benzene rings is 1. The quantitative estimate of drug-likeness (QED) is 0.842. The smallest absolute Gasteiger partial charge is 0.230 e. The maximum Gasteiger partial charge on any atom is 0.230 e. The summed E-state index contributed by atoms with van der Waals surface area (Å²) in [6.07, 6.45) is 0. The summed E-state index contributed by atoms with van der Waals surface area (Å²) < 4.78 is 1.52. The van der Waals surface area contributed by atoms with Crippen LogP contribution >= 0.6 is 23.4 Å². The molecule has 0 fully saturated rings. The van der Waals surface area contributed by atoms with E-state index in [1.54, 1.807) is 13.1 Å². The summed E-state index contributed by atoms with van der Waals surface area (Å²) in [5.74, 6) is 0.173. The Morgan fingerprint density at radius 1 is 1.47 bits per heavy atom. The topological polar surface area (TPSA) is 72.7 Å². The number of nitrogens with one attached hydrogen (secondary N) is 1. The number of rotatable bonds is 5. The van der Waals surface area contributed by atoms with Crippen LogP contribution < -0.4 is 5.32 Å². The number of hydrogen-bond donors (Lipinski definition) is 1. The molecule has 8 heteroatoms. The fourth-order valence-electron chi connectivity index (χ4n) is 1.36. The van der Waals surface area contributed by atoms with Crippen LogP contribution in [0.2, 0.25) is 5.02 Å². The van der Waals surface area contributed by atoms with Crippen molar-refractivity contribution in [2.45, 2.75) is 11.7 Å². The zero-order chi connectivity index (χ0) is 13.7. The highest BCUT2D eigenvalue weighted by molar-refractivity contribution is 7.99. The lowest BCUT2D eigenvalue weighted by Crippen LogP contribution is -2.24. The second-order valence-electron chi connectivity index (χ2n) is 3.74. The van der Waals surface area contributed by atoms with Crippen LogP contribution in [-0.2, 0) is 18.4 Å². The van der Waals surface area contributed by atoms with Gasteiger partial charge in [0, 0.05) is 18.6 Å². The third kappa shape index (κ3) is 3.93. The SMILES string of the molecule is Cn1nnnc1SCC(=O)NCc1ccccc1Cl. The molecule has 0 aliphatic carbocycles. The number of aromatic nitrogens is 4. The Balaban J connectivity index is 1.79. The average molecular weight is 298 g/mol. The van der Waals surface area contributed by atoms with E-state index in [1.165, 1.54) is 16.4 Å². The van der Waals surface area contributed by atoms with E-state index < -0.39 is 0 Å². The Morgan fingerprint density at radius 3 is 2.95 bits per heavy atom. The van der Waals surface area contributed by atoms with E-state index in [4.69, 9.17) is 11.6 Å². The Hall–Kier alpha value is -1.60. The van der Waals surface area contributed by atoms with Crippen LogP contribution in [0.4, 0.5) is 0 Å². The normalized spacial score (nSPS) is 10.4. The molecule has 1 N–H and O–H groups in total. The molecular formula is C11H12ClN5OS. The summed E-state index contributed by atoms with van der Waals surface area (Å²) in [6.45, 7) is 0.413. The van der Waals surface area contributed by atoms with E-state index in [2.05, 4.69) is 20.8 Å². The maximum atomic E-state index is 11.7. The minimum absolute atomic E-state index is 0.0899. The van der Waals surface area contributed by atoms with Crippen LogP contribution in [0.5, 0.6) is 0 Å². The first-order valence-corrected chi connectivity index (χ1v) is 6.88. The molecule has 1 aromatic carbocycles. The number of halogens is 1. The van der Waals surface area contributed by atoms with Crippen molar-refractivity contribution in [1.29, 1.82) is 0 Å². The van der Waals surface area contributed by atoms with Gasteiger partial charge in [0.2, 0.25) is 11.1 Å². The van der Waals surface area contributed by atoms with E-state index in [1.807, 2.05) is 18.2 Å². The van der Waals surface area contributed by atoms with Crippen molar-refractivity contribution in [2.75, 3.05) is 5.75 Å². The number of thioether (sulfide) groups is 1. The molecule has 1 heterocycles. The summed E-state index contributed by atoms with van der Waals surface area (Å²) in [7, 11) is 1.73. The largest absolute Gasteiger partial charge is 0.351 e. The van der Waals surface area contributed by atoms with Crippen molar-refractivity contribution in [3.8, 4) is 0 Å². The van der Waals surface area contributed by atoms with Gasteiger partial charge in [0.1, 0.15) is 0 Å². The van der Waals surface area contributed by atoms with Crippen LogP contribution in [0.3, 0.4) is 0 Å². The van der Waals surface area contributed by atoms with Crippen molar-refractivity contribution >= 4 is 29.3 Å².